The number of nitrogens with two attached hydrogens (primary N) is 2. The van der Waals surface area contributed by atoms with Gasteiger partial charge in [0.05, 0.1) is 12.5 Å². The molecule has 0 aromatic rings. The molecule has 0 saturated heterocycles. The second kappa shape index (κ2) is 10.5. The SMILES string of the molecule is Cl.Cl.NC[C@@H](N)C(=O)NCCC(=O)O. The standard InChI is InChI=1S/C6H13N3O3.2ClH/c7-3-4(8)6(12)9-2-1-5(10)11;;/h4H,1-3,7-8H2,(H,9,12)(H,10,11);2*1H/t4-;;/m1../s1. The monoisotopic (exact) mass is 247 g/mol. The maximum absolute atomic E-state index is 10.8. The molecular weight excluding hydrogens is 233 g/mol. The Kier molecular flexibility index (Phi) is 14.3. The van der Waals surface area contributed by atoms with Gasteiger partial charge in [-0.2, -0.15) is 0 Å². The summed E-state index contributed by atoms with van der Waals surface area (Å²) in [6.07, 6.45) is -0.108. The number of carbonyl (C=O) groups excluding carboxylic acids is 1. The van der Waals surface area contributed by atoms with E-state index in [1.807, 2.05) is 0 Å². The summed E-state index contributed by atoms with van der Waals surface area (Å²) in [6.45, 7) is 0.140. The van der Waals surface area contributed by atoms with Gasteiger partial charge in [0.1, 0.15) is 0 Å². The van der Waals surface area contributed by atoms with Gasteiger partial charge < -0.3 is 21.9 Å². The first-order valence-corrected chi connectivity index (χ1v) is 3.53. The van der Waals surface area contributed by atoms with E-state index in [0.29, 0.717) is 0 Å². The van der Waals surface area contributed by atoms with E-state index in [1.54, 1.807) is 0 Å². The molecule has 0 aliphatic heterocycles. The van der Waals surface area contributed by atoms with Crippen LogP contribution in [0.5, 0.6) is 0 Å². The Labute approximate surface area is 94.2 Å². The molecule has 0 bridgehead atoms. The molecule has 0 rings (SSSR count). The molecule has 0 aromatic carbocycles. The van der Waals surface area contributed by atoms with Crippen molar-refractivity contribution in [2.45, 2.75) is 12.5 Å². The van der Waals surface area contributed by atoms with Gasteiger partial charge in [0.15, 0.2) is 0 Å². The van der Waals surface area contributed by atoms with Gasteiger partial charge in [-0.3, -0.25) is 9.59 Å². The highest BCUT2D eigenvalue weighted by molar-refractivity contribution is 5.85. The third-order valence-corrected chi connectivity index (χ3v) is 1.23. The Morgan fingerprint density at radius 3 is 2.21 bits per heavy atom. The van der Waals surface area contributed by atoms with E-state index in [1.165, 1.54) is 0 Å². The number of carboxylic acids is 1. The second-order valence-electron chi connectivity index (χ2n) is 2.28. The van der Waals surface area contributed by atoms with Crippen LogP contribution in [0.3, 0.4) is 0 Å². The first-order valence-electron chi connectivity index (χ1n) is 3.53. The molecule has 1 atom stereocenters. The van der Waals surface area contributed by atoms with E-state index in [4.69, 9.17) is 16.6 Å². The molecule has 0 radical (unpaired) electrons. The quantitative estimate of drug-likeness (QED) is 0.482. The lowest BCUT2D eigenvalue weighted by molar-refractivity contribution is -0.136. The van der Waals surface area contributed by atoms with E-state index < -0.39 is 17.9 Å². The summed E-state index contributed by atoms with van der Waals surface area (Å²) in [5, 5.41) is 10.6. The highest BCUT2D eigenvalue weighted by Gasteiger charge is 2.10. The molecule has 0 aliphatic rings. The van der Waals surface area contributed by atoms with Crippen LogP contribution in [-0.4, -0.2) is 36.1 Å². The number of hydrogen-bond donors (Lipinski definition) is 4. The van der Waals surface area contributed by atoms with Crippen LogP contribution in [0.15, 0.2) is 0 Å². The van der Waals surface area contributed by atoms with Gasteiger partial charge in [0, 0.05) is 13.1 Å². The van der Waals surface area contributed by atoms with E-state index in [0.717, 1.165) is 0 Å². The largest absolute Gasteiger partial charge is 0.481 e. The number of rotatable bonds is 5. The maximum atomic E-state index is 10.8. The second-order valence-corrected chi connectivity index (χ2v) is 2.28. The fraction of sp³-hybridized carbons (Fsp3) is 0.667. The Hall–Kier alpha value is -0.560. The highest BCUT2D eigenvalue weighted by atomic mass is 35.5. The zero-order chi connectivity index (χ0) is 9.56. The van der Waals surface area contributed by atoms with Crippen molar-refractivity contribution < 1.29 is 14.7 Å². The lowest BCUT2D eigenvalue weighted by Gasteiger charge is -2.08. The Balaban J connectivity index is -0.000000605. The number of halogens is 2. The van der Waals surface area contributed by atoms with Gasteiger partial charge in [-0.05, 0) is 0 Å². The summed E-state index contributed by atoms with van der Waals surface area (Å²) in [6, 6.07) is -0.751. The molecule has 0 fully saturated rings. The van der Waals surface area contributed by atoms with Crippen LogP contribution in [0.2, 0.25) is 0 Å². The average molecular weight is 248 g/mol. The first kappa shape index (κ1) is 19.1. The summed E-state index contributed by atoms with van der Waals surface area (Å²) >= 11 is 0. The molecule has 0 spiro atoms. The molecule has 0 saturated carbocycles. The number of hydrogen-bond acceptors (Lipinski definition) is 4. The molecule has 0 heterocycles. The lowest BCUT2D eigenvalue weighted by atomic mass is 10.3. The Morgan fingerprint density at radius 2 is 1.86 bits per heavy atom. The molecule has 6 nitrogen and oxygen atoms in total. The summed E-state index contributed by atoms with van der Waals surface area (Å²) in [4.78, 5) is 20.9. The van der Waals surface area contributed by atoms with Gasteiger partial charge in [0.2, 0.25) is 5.91 Å². The number of nitrogens with one attached hydrogen (secondary N) is 1. The molecule has 86 valence electrons. The predicted molar refractivity (Wildman–Crippen MR) is 56.8 cm³/mol. The fourth-order valence-corrected chi connectivity index (χ4v) is 0.531. The van der Waals surface area contributed by atoms with Crippen LogP contribution in [0.4, 0.5) is 0 Å². The fourth-order valence-electron chi connectivity index (χ4n) is 0.531. The maximum Gasteiger partial charge on any atom is 0.305 e. The zero-order valence-corrected chi connectivity index (χ0v) is 9.07. The van der Waals surface area contributed by atoms with Gasteiger partial charge in [-0.1, -0.05) is 0 Å². The topological polar surface area (TPSA) is 118 Å². The van der Waals surface area contributed by atoms with Crippen molar-refractivity contribution in [2.24, 2.45) is 11.5 Å². The van der Waals surface area contributed by atoms with Crippen molar-refractivity contribution in [1.82, 2.24) is 5.32 Å². The molecule has 0 aromatic heterocycles. The van der Waals surface area contributed by atoms with E-state index >= 15 is 0 Å². The van der Waals surface area contributed by atoms with Gasteiger partial charge >= 0.3 is 5.97 Å². The predicted octanol–water partition coefficient (Wildman–Crippen LogP) is -1.29. The average Bonchev–Trinajstić information content (AvgIpc) is 2.02. The molecule has 6 N–H and O–H groups in total. The summed E-state index contributed by atoms with van der Waals surface area (Å²) in [5.41, 5.74) is 10.4. The van der Waals surface area contributed by atoms with Crippen molar-refractivity contribution in [3.63, 3.8) is 0 Å². The van der Waals surface area contributed by atoms with E-state index in [2.05, 4.69) is 5.32 Å². The van der Waals surface area contributed by atoms with Crippen LogP contribution < -0.4 is 16.8 Å². The van der Waals surface area contributed by atoms with Crippen LogP contribution in [0.25, 0.3) is 0 Å². The lowest BCUT2D eigenvalue weighted by Crippen LogP contribution is -2.45. The summed E-state index contributed by atoms with van der Waals surface area (Å²) in [5.74, 6) is -1.38. The van der Waals surface area contributed by atoms with Crippen molar-refractivity contribution in [3.05, 3.63) is 0 Å². The number of amides is 1. The van der Waals surface area contributed by atoms with Crippen molar-refractivity contribution >= 4 is 36.7 Å². The van der Waals surface area contributed by atoms with Gasteiger partial charge in [-0.15, -0.1) is 24.8 Å². The third kappa shape index (κ3) is 9.53. The zero-order valence-electron chi connectivity index (χ0n) is 7.43. The Morgan fingerprint density at radius 1 is 1.36 bits per heavy atom. The smallest absolute Gasteiger partial charge is 0.305 e. The summed E-state index contributed by atoms with van der Waals surface area (Å²) in [7, 11) is 0. The molecule has 14 heavy (non-hydrogen) atoms. The Bertz CT molecular complexity index is 180. The minimum atomic E-state index is -0.961. The third-order valence-electron chi connectivity index (χ3n) is 1.23. The van der Waals surface area contributed by atoms with Crippen LogP contribution in [0.1, 0.15) is 6.42 Å². The molecule has 1 amide bonds. The van der Waals surface area contributed by atoms with E-state index in [9.17, 15) is 9.59 Å². The van der Waals surface area contributed by atoms with Crippen molar-refractivity contribution in [3.8, 4) is 0 Å². The van der Waals surface area contributed by atoms with Crippen molar-refractivity contribution in [1.29, 1.82) is 0 Å². The normalized spacial score (nSPS) is 10.4. The van der Waals surface area contributed by atoms with E-state index in [-0.39, 0.29) is 44.3 Å². The minimum absolute atomic E-state index is 0. The van der Waals surface area contributed by atoms with Crippen LogP contribution >= 0.6 is 24.8 Å². The van der Waals surface area contributed by atoms with Gasteiger partial charge in [-0.25, -0.2) is 0 Å². The molecule has 8 heteroatoms. The first-order chi connectivity index (χ1) is 5.57. The highest BCUT2D eigenvalue weighted by Crippen LogP contribution is 1.78. The minimum Gasteiger partial charge on any atom is -0.481 e. The van der Waals surface area contributed by atoms with Crippen LogP contribution in [0, 0.1) is 0 Å². The van der Waals surface area contributed by atoms with Gasteiger partial charge in [0.25, 0.3) is 0 Å². The molecule has 0 unspecified atom stereocenters. The molecule has 0 aliphatic carbocycles. The number of carbonyl (C=O) groups is 2. The summed E-state index contributed by atoms with van der Waals surface area (Å²) < 4.78 is 0. The number of carboxylic acid groups (broad SMARTS) is 1. The van der Waals surface area contributed by atoms with Crippen molar-refractivity contribution in [2.75, 3.05) is 13.1 Å². The number of aliphatic carboxylic acids is 1. The van der Waals surface area contributed by atoms with Crippen LogP contribution in [-0.2, 0) is 9.59 Å². The molecular formula is C6H15Cl2N3O3.